The Labute approximate surface area is 252 Å². The predicted molar refractivity (Wildman–Crippen MR) is 181 cm³/mol. The highest BCUT2D eigenvalue weighted by molar-refractivity contribution is 6.15. The van der Waals surface area contributed by atoms with Gasteiger partial charge in [-0.05, 0) is 54.1 Å². The summed E-state index contributed by atoms with van der Waals surface area (Å²) in [7, 11) is 0. The van der Waals surface area contributed by atoms with Crippen LogP contribution in [0.15, 0.2) is 125 Å². The molecule has 0 radical (unpaired) electrons. The van der Waals surface area contributed by atoms with E-state index >= 15 is 0 Å². The van der Waals surface area contributed by atoms with E-state index in [4.69, 9.17) is 18.8 Å². The number of fused-ring (bicyclic) bond motifs is 8. The molecule has 0 atom stereocenters. The van der Waals surface area contributed by atoms with Crippen LogP contribution in [-0.4, -0.2) is 14.5 Å². The number of aromatic nitrogens is 3. The minimum atomic E-state index is 0.570. The van der Waals surface area contributed by atoms with Crippen LogP contribution in [0.4, 0.5) is 0 Å². The first-order chi connectivity index (χ1) is 21.7. The molecule has 0 amide bonds. The number of furan rings is 2. The zero-order chi connectivity index (χ0) is 29.4. The van der Waals surface area contributed by atoms with Crippen molar-refractivity contribution >= 4 is 77.8 Å². The molecule has 0 aliphatic rings. The van der Waals surface area contributed by atoms with Gasteiger partial charge in [0.05, 0.1) is 11.0 Å². The SMILES string of the molecule is C=Cc1oc2c(-c3cccc4oc5ccccc5c34)nc(-n3c4ccccc4c4cc5ccccc5cc43)nc2c1/C=C\C. The molecular formula is C39H25N3O2. The van der Waals surface area contributed by atoms with Gasteiger partial charge < -0.3 is 8.83 Å². The molecule has 9 aromatic rings. The Bertz CT molecular complexity index is 2650. The summed E-state index contributed by atoms with van der Waals surface area (Å²) in [4.78, 5) is 10.6. The molecule has 5 heteroatoms. The Morgan fingerprint density at radius 1 is 0.705 bits per heavy atom. The zero-order valence-corrected chi connectivity index (χ0v) is 23.9. The second-order valence-electron chi connectivity index (χ2n) is 11.0. The van der Waals surface area contributed by atoms with Crippen LogP contribution in [0.1, 0.15) is 18.2 Å². The molecule has 4 heterocycles. The van der Waals surface area contributed by atoms with Crippen LogP contribution in [0.3, 0.4) is 0 Å². The minimum absolute atomic E-state index is 0.570. The third-order valence-corrected chi connectivity index (χ3v) is 8.50. The Kier molecular flexibility index (Phi) is 5.20. The Hall–Kier alpha value is -5.94. The Morgan fingerprint density at radius 3 is 2.30 bits per heavy atom. The van der Waals surface area contributed by atoms with Crippen LogP contribution in [0.25, 0.3) is 95.0 Å². The van der Waals surface area contributed by atoms with Crippen molar-refractivity contribution in [2.75, 3.05) is 0 Å². The molecule has 5 nitrogen and oxygen atoms in total. The minimum Gasteiger partial charge on any atom is -0.456 e. The lowest BCUT2D eigenvalue weighted by atomic mass is 10.0. The van der Waals surface area contributed by atoms with Crippen LogP contribution in [0, 0.1) is 0 Å². The van der Waals surface area contributed by atoms with Crippen molar-refractivity contribution in [1.29, 1.82) is 0 Å². The zero-order valence-electron chi connectivity index (χ0n) is 23.9. The van der Waals surface area contributed by atoms with Crippen LogP contribution in [0.5, 0.6) is 0 Å². The molecule has 9 rings (SSSR count). The number of allylic oxidation sites excluding steroid dienone is 1. The van der Waals surface area contributed by atoms with E-state index in [0.29, 0.717) is 23.0 Å². The highest BCUT2D eigenvalue weighted by atomic mass is 16.3. The molecule has 0 bridgehead atoms. The molecule has 4 aromatic heterocycles. The van der Waals surface area contributed by atoms with Crippen LogP contribution < -0.4 is 0 Å². The summed E-state index contributed by atoms with van der Waals surface area (Å²) in [5.74, 6) is 1.23. The molecule has 0 saturated heterocycles. The van der Waals surface area contributed by atoms with Gasteiger partial charge in [-0.2, -0.15) is 0 Å². The summed E-state index contributed by atoms with van der Waals surface area (Å²) in [6.45, 7) is 6.03. The predicted octanol–water partition coefficient (Wildman–Crippen LogP) is 10.7. The summed E-state index contributed by atoms with van der Waals surface area (Å²) < 4.78 is 14.9. The lowest BCUT2D eigenvalue weighted by molar-refractivity contribution is 0.602. The second-order valence-corrected chi connectivity index (χ2v) is 11.0. The van der Waals surface area contributed by atoms with Gasteiger partial charge in [0.15, 0.2) is 5.58 Å². The maximum Gasteiger partial charge on any atom is 0.236 e. The number of rotatable bonds is 4. The van der Waals surface area contributed by atoms with Gasteiger partial charge in [0, 0.05) is 32.7 Å². The summed E-state index contributed by atoms with van der Waals surface area (Å²) in [6, 6.07) is 35.6. The van der Waals surface area contributed by atoms with Crippen molar-refractivity contribution in [1.82, 2.24) is 14.5 Å². The van der Waals surface area contributed by atoms with Crippen molar-refractivity contribution in [2.24, 2.45) is 0 Å². The molecule has 0 aliphatic heterocycles. The maximum absolute atomic E-state index is 6.49. The summed E-state index contributed by atoms with van der Waals surface area (Å²) in [6.07, 6.45) is 5.76. The average molecular weight is 568 g/mol. The molecule has 0 spiro atoms. The normalized spacial score (nSPS) is 12.2. The van der Waals surface area contributed by atoms with Crippen LogP contribution in [-0.2, 0) is 0 Å². The van der Waals surface area contributed by atoms with E-state index in [-0.39, 0.29) is 0 Å². The Morgan fingerprint density at radius 2 is 1.45 bits per heavy atom. The van der Waals surface area contributed by atoms with E-state index in [0.717, 1.165) is 65.8 Å². The summed E-state index contributed by atoms with van der Waals surface area (Å²) in [5.41, 5.74) is 7.54. The highest BCUT2D eigenvalue weighted by Gasteiger charge is 2.24. The quantitative estimate of drug-likeness (QED) is 0.212. The molecule has 0 fully saturated rings. The van der Waals surface area contributed by atoms with Crippen molar-refractivity contribution in [3.8, 4) is 17.2 Å². The number of hydrogen-bond donors (Lipinski definition) is 0. The first-order valence-corrected chi connectivity index (χ1v) is 14.7. The fourth-order valence-electron chi connectivity index (χ4n) is 6.60. The van der Waals surface area contributed by atoms with Gasteiger partial charge in [0.2, 0.25) is 5.95 Å². The van der Waals surface area contributed by atoms with E-state index in [1.807, 2.05) is 49.4 Å². The fraction of sp³-hybridized carbons (Fsp3) is 0.0256. The van der Waals surface area contributed by atoms with E-state index in [1.54, 1.807) is 6.08 Å². The molecule has 0 saturated carbocycles. The fourth-order valence-corrected chi connectivity index (χ4v) is 6.60. The van der Waals surface area contributed by atoms with Gasteiger partial charge in [-0.1, -0.05) is 91.5 Å². The molecular weight excluding hydrogens is 542 g/mol. The highest BCUT2D eigenvalue weighted by Crippen LogP contribution is 2.42. The van der Waals surface area contributed by atoms with E-state index in [9.17, 15) is 0 Å². The van der Waals surface area contributed by atoms with E-state index in [2.05, 4.69) is 83.9 Å². The first-order valence-electron chi connectivity index (χ1n) is 14.7. The second kappa shape index (κ2) is 9.28. The lowest BCUT2D eigenvalue weighted by Gasteiger charge is -2.10. The molecule has 0 N–H and O–H groups in total. The van der Waals surface area contributed by atoms with E-state index < -0.39 is 0 Å². The van der Waals surface area contributed by atoms with Gasteiger partial charge in [-0.15, -0.1) is 0 Å². The summed E-state index contributed by atoms with van der Waals surface area (Å²) >= 11 is 0. The third-order valence-electron chi connectivity index (χ3n) is 8.50. The summed E-state index contributed by atoms with van der Waals surface area (Å²) in [5, 5.41) is 6.67. The Balaban J connectivity index is 1.46. The van der Waals surface area contributed by atoms with Gasteiger partial charge in [-0.25, -0.2) is 9.97 Å². The van der Waals surface area contributed by atoms with Gasteiger partial charge in [-0.3, -0.25) is 4.57 Å². The van der Waals surface area contributed by atoms with Crippen LogP contribution >= 0.6 is 0 Å². The number of para-hydroxylation sites is 2. The van der Waals surface area contributed by atoms with Gasteiger partial charge in [0.25, 0.3) is 0 Å². The largest absolute Gasteiger partial charge is 0.456 e. The van der Waals surface area contributed by atoms with Crippen molar-refractivity contribution in [3.05, 3.63) is 127 Å². The maximum atomic E-state index is 6.49. The third kappa shape index (κ3) is 3.41. The average Bonchev–Trinajstić information content (AvgIpc) is 3.72. The van der Waals surface area contributed by atoms with Crippen molar-refractivity contribution < 1.29 is 8.83 Å². The standard InChI is InChI=1S/C39H25N3O2/c1-3-12-27-32(4-2)44-38-36(27)40-39(41-37(38)28-17-11-20-34-35(28)26-16-8-10-19-33(26)43-34)42-30-18-9-7-15-25(30)29-21-23-13-5-6-14-24(23)22-31(29)42/h3-22H,2H2,1H3/b12-3-. The first kappa shape index (κ1) is 24.6. The molecule has 0 unspecified atom stereocenters. The topological polar surface area (TPSA) is 57.0 Å². The monoisotopic (exact) mass is 567 g/mol. The van der Waals surface area contributed by atoms with Gasteiger partial charge in [0.1, 0.15) is 28.1 Å². The van der Waals surface area contributed by atoms with Gasteiger partial charge >= 0.3 is 0 Å². The molecule has 5 aromatic carbocycles. The molecule has 44 heavy (non-hydrogen) atoms. The molecule has 208 valence electrons. The van der Waals surface area contributed by atoms with Crippen molar-refractivity contribution in [3.63, 3.8) is 0 Å². The smallest absolute Gasteiger partial charge is 0.236 e. The number of hydrogen-bond acceptors (Lipinski definition) is 4. The number of nitrogens with zero attached hydrogens (tertiary/aromatic N) is 3. The van der Waals surface area contributed by atoms with Crippen molar-refractivity contribution in [2.45, 2.75) is 6.92 Å². The molecule has 0 aliphatic carbocycles. The van der Waals surface area contributed by atoms with E-state index in [1.165, 1.54) is 5.39 Å². The number of benzene rings is 5. The lowest BCUT2D eigenvalue weighted by Crippen LogP contribution is -2.03. The van der Waals surface area contributed by atoms with Crippen LogP contribution in [0.2, 0.25) is 0 Å².